The molecule has 0 saturated heterocycles. The van der Waals surface area contributed by atoms with Gasteiger partial charge < -0.3 is 9.47 Å². The maximum atomic E-state index is 12.3. The van der Waals surface area contributed by atoms with Gasteiger partial charge in [-0.05, 0) is 0 Å². The van der Waals surface area contributed by atoms with Crippen LogP contribution in [-0.4, -0.2) is 18.5 Å². The fraction of sp³-hybridized carbons (Fsp3) is 0.400. The predicted molar refractivity (Wildman–Crippen MR) is 56.3 cm³/mol. The van der Waals surface area contributed by atoms with Gasteiger partial charge in [0.25, 0.3) is 0 Å². The summed E-state index contributed by atoms with van der Waals surface area (Å²) in [4.78, 5) is 3.72. The molecule has 1 aromatic rings. The minimum atomic E-state index is -4.89. The molecule has 0 unspecified atom stereocenters. The van der Waals surface area contributed by atoms with Crippen LogP contribution in [-0.2, 0) is 12.3 Å². The summed E-state index contributed by atoms with van der Waals surface area (Å²) in [7, 11) is 1.18. The number of aromatic nitrogens is 1. The Morgan fingerprint density at radius 2 is 2.11 bits per heavy atom. The Kier molecular flexibility index (Phi) is 4.62. The molecule has 0 atom stereocenters. The van der Waals surface area contributed by atoms with Gasteiger partial charge >= 0.3 is 6.36 Å². The number of pyridine rings is 1. The first-order valence-electron chi connectivity index (χ1n) is 4.66. The first kappa shape index (κ1) is 14.4. The van der Waals surface area contributed by atoms with Crippen LogP contribution in [0.3, 0.4) is 0 Å². The second-order valence-corrected chi connectivity index (χ2v) is 3.38. The number of rotatable bonds is 4. The van der Waals surface area contributed by atoms with E-state index in [4.69, 9.17) is 21.6 Å². The summed E-state index contributed by atoms with van der Waals surface area (Å²) < 4.78 is 45.5. The van der Waals surface area contributed by atoms with Crippen molar-refractivity contribution in [2.24, 2.45) is 0 Å². The van der Waals surface area contributed by atoms with Crippen molar-refractivity contribution in [3.05, 3.63) is 17.5 Å². The maximum Gasteiger partial charge on any atom is 0.573 e. The van der Waals surface area contributed by atoms with Gasteiger partial charge in [-0.25, -0.2) is 0 Å². The number of alkyl halides is 4. The van der Waals surface area contributed by atoms with E-state index in [2.05, 4.69) is 9.72 Å². The Labute approximate surface area is 106 Å². The fourth-order valence-electron chi connectivity index (χ4n) is 1.30. The summed E-state index contributed by atoms with van der Waals surface area (Å²) in [6.07, 6.45) is -3.79. The molecule has 4 nitrogen and oxygen atoms in total. The molecule has 8 heteroatoms. The summed E-state index contributed by atoms with van der Waals surface area (Å²) in [5.74, 6) is -1.05. The summed E-state index contributed by atoms with van der Waals surface area (Å²) >= 11 is 5.49. The van der Waals surface area contributed by atoms with E-state index in [1.165, 1.54) is 13.3 Å². The van der Waals surface area contributed by atoms with E-state index in [-0.39, 0.29) is 29.3 Å². The molecule has 0 saturated carbocycles. The van der Waals surface area contributed by atoms with E-state index in [1.54, 1.807) is 6.07 Å². The number of hydrogen-bond donors (Lipinski definition) is 0. The van der Waals surface area contributed by atoms with Crippen LogP contribution in [0.4, 0.5) is 13.2 Å². The zero-order valence-electron chi connectivity index (χ0n) is 9.21. The van der Waals surface area contributed by atoms with Gasteiger partial charge in [0, 0.05) is 11.8 Å². The molecule has 1 heterocycles. The number of halogens is 4. The molecule has 98 valence electrons. The Balaban J connectivity index is 3.33. The van der Waals surface area contributed by atoms with Gasteiger partial charge in [-0.1, -0.05) is 0 Å². The van der Waals surface area contributed by atoms with E-state index >= 15 is 0 Å². The van der Waals surface area contributed by atoms with Gasteiger partial charge in [-0.3, -0.25) is 4.98 Å². The van der Waals surface area contributed by atoms with E-state index in [0.717, 1.165) is 0 Å². The van der Waals surface area contributed by atoms with Crippen molar-refractivity contribution in [2.45, 2.75) is 18.7 Å². The van der Waals surface area contributed by atoms with E-state index in [9.17, 15) is 13.2 Å². The van der Waals surface area contributed by atoms with Crippen LogP contribution in [0.25, 0.3) is 0 Å². The largest absolute Gasteiger partial charge is 0.573 e. The fourth-order valence-corrected chi connectivity index (χ4v) is 1.49. The van der Waals surface area contributed by atoms with Crippen LogP contribution >= 0.6 is 11.6 Å². The average Bonchev–Trinajstić information content (AvgIpc) is 2.28. The number of ether oxygens (including phenoxy) is 2. The first-order valence-corrected chi connectivity index (χ1v) is 5.19. The maximum absolute atomic E-state index is 12.3. The molecule has 1 rings (SSSR count). The molecule has 0 aliphatic rings. The lowest BCUT2D eigenvalue weighted by atomic mass is 10.1. The third-order valence-electron chi connectivity index (χ3n) is 1.95. The molecule has 0 N–H and O–H groups in total. The predicted octanol–water partition coefficient (Wildman–Crippen LogP) is 2.79. The van der Waals surface area contributed by atoms with Crippen LogP contribution in [0.2, 0.25) is 0 Å². The molecule has 18 heavy (non-hydrogen) atoms. The van der Waals surface area contributed by atoms with Gasteiger partial charge in [0.2, 0.25) is 0 Å². The first-order chi connectivity index (χ1) is 8.42. The van der Waals surface area contributed by atoms with E-state index in [0.29, 0.717) is 0 Å². The average molecular weight is 281 g/mol. The summed E-state index contributed by atoms with van der Waals surface area (Å²) in [5.41, 5.74) is 0.0978. The molecule has 0 radical (unpaired) electrons. The zero-order chi connectivity index (χ0) is 13.8. The van der Waals surface area contributed by atoms with Crippen LogP contribution in [0.15, 0.2) is 6.20 Å². The highest BCUT2D eigenvalue weighted by Crippen LogP contribution is 2.37. The number of nitrogens with zero attached hydrogens (tertiary/aromatic N) is 2. The molecule has 0 amide bonds. The topological polar surface area (TPSA) is 55.1 Å². The molecule has 0 aliphatic heterocycles. The van der Waals surface area contributed by atoms with Crippen molar-refractivity contribution in [1.82, 2.24) is 4.98 Å². The summed E-state index contributed by atoms with van der Waals surface area (Å²) in [6.45, 7) is 0. The van der Waals surface area contributed by atoms with Crippen LogP contribution in [0.1, 0.15) is 11.3 Å². The number of hydrogen-bond acceptors (Lipinski definition) is 4. The lowest BCUT2D eigenvalue weighted by Gasteiger charge is -2.16. The molecule has 1 aromatic heterocycles. The standard InChI is InChI=1S/C10H8ClF3N2O2/c1-17-8-6(2-3-15)5-16-7(4-11)9(8)18-10(12,13)14/h5H,2,4H2,1H3. The summed E-state index contributed by atoms with van der Waals surface area (Å²) in [6, 6.07) is 1.80. The van der Waals surface area contributed by atoms with E-state index < -0.39 is 12.1 Å². The molecule has 0 spiro atoms. The molecule has 0 aliphatic carbocycles. The highest BCUT2D eigenvalue weighted by molar-refractivity contribution is 6.17. The zero-order valence-corrected chi connectivity index (χ0v) is 9.97. The Morgan fingerprint density at radius 1 is 1.44 bits per heavy atom. The third kappa shape index (κ3) is 3.40. The van der Waals surface area contributed by atoms with Crippen LogP contribution < -0.4 is 9.47 Å². The lowest BCUT2D eigenvalue weighted by molar-refractivity contribution is -0.275. The minimum absolute atomic E-state index is 0.104. The SMILES string of the molecule is COc1c(CC#N)cnc(CCl)c1OC(F)(F)F. The Morgan fingerprint density at radius 3 is 2.56 bits per heavy atom. The van der Waals surface area contributed by atoms with Crippen molar-refractivity contribution in [1.29, 1.82) is 5.26 Å². The van der Waals surface area contributed by atoms with Crippen LogP contribution in [0.5, 0.6) is 11.5 Å². The number of methoxy groups -OCH3 is 1. The Hall–Kier alpha value is -1.68. The van der Waals surface area contributed by atoms with Crippen molar-refractivity contribution < 1.29 is 22.6 Å². The van der Waals surface area contributed by atoms with E-state index in [1.807, 2.05) is 0 Å². The molecular formula is C10H8ClF3N2O2. The molecule has 0 fully saturated rings. The monoisotopic (exact) mass is 280 g/mol. The van der Waals surface area contributed by atoms with Crippen molar-refractivity contribution in [2.75, 3.05) is 7.11 Å². The van der Waals surface area contributed by atoms with Crippen molar-refractivity contribution in [3.63, 3.8) is 0 Å². The van der Waals surface area contributed by atoms with Crippen molar-refractivity contribution >= 4 is 11.6 Å². The third-order valence-corrected chi connectivity index (χ3v) is 2.21. The van der Waals surface area contributed by atoms with Gasteiger partial charge in [0.05, 0.1) is 25.5 Å². The number of nitriles is 1. The molecule has 0 bridgehead atoms. The second-order valence-electron chi connectivity index (χ2n) is 3.11. The van der Waals surface area contributed by atoms with Gasteiger partial charge in [0.15, 0.2) is 11.5 Å². The van der Waals surface area contributed by atoms with Gasteiger partial charge in [-0.15, -0.1) is 24.8 Å². The smallest absolute Gasteiger partial charge is 0.492 e. The molecular weight excluding hydrogens is 273 g/mol. The normalized spacial score (nSPS) is 10.9. The van der Waals surface area contributed by atoms with Crippen LogP contribution in [0, 0.1) is 11.3 Å². The van der Waals surface area contributed by atoms with Crippen molar-refractivity contribution in [3.8, 4) is 17.6 Å². The van der Waals surface area contributed by atoms with Gasteiger partial charge in [-0.2, -0.15) is 5.26 Å². The quantitative estimate of drug-likeness (QED) is 0.796. The Bertz CT molecular complexity index is 471. The lowest BCUT2D eigenvalue weighted by Crippen LogP contribution is -2.19. The summed E-state index contributed by atoms with van der Waals surface area (Å²) in [5, 5.41) is 8.57. The highest BCUT2D eigenvalue weighted by Gasteiger charge is 2.34. The highest BCUT2D eigenvalue weighted by atomic mass is 35.5. The second kappa shape index (κ2) is 5.78. The van der Waals surface area contributed by atoms with Gasteiger partial charge in [0.1, 0.15) is 5.69 Å². The minimum Gasteiger partial charge on any atom is -0.492 e. The molecule has 0 aromatic carbocycles.